The highest BCUT2D eigenvalue weighted by atomic mass is 32.1. The molecule has 1 amide bonds. The molecule has 2 aromatic heterocycles. The second-order valence-corrected chi connectivity index (χ2v) is 4.38. The molecule has 0 radical (unpaired) electrons. The number of amides is 1. The van der Waals surface area contributed by atoms with Gasteiger partial charge in [-0.2, -0.15) is 9.61 Å². The highest BCUT2D eigenvalue weighted by Gasteiger charge is 2.08. The topological polar surface area (TPSA) is 81.4 Å². The number of nitrogens with zero attached hydrogens (tertiary/aromatic N) is 4. The van der Waals surface area contributed by atoms with Gasteiger partial charge in [0, 0.05) is 13.0 Å². The summed E-state index contributed by atoms with van der Waals surface area (Å²) >= 11 is 1.47. The number of carbonyl (C=O) groups excluding carboxylic acids is 1. The van der Waals surface area contributed by atoms with Crippen LogP contribution in [-0.4, -0.2) is 39.1 Å². The average molecular weight is 255 g/mol. The third kappa shape index (κ3) is 2.70. The molecule has 0 saturated heterocycles. The summed E-state index contributed by atoms with van der Waals surface area (Å²) in [5.74, 6) is 0.765. The summed E-state index contributed by atoms with van der Waals surface area (Å²) in [5.41, 5.74) is 0. The summed E-state index contributed by atoms with van der Waals surface area (Å²) in [7, 11) is 0. The first kappa shape index (κ1) is 11.8. The molecule has 7 nitrogen and oxygen atoms in total. The van der Waals surface area contributed by atoms with Crippen LogP contribution in [0, 0.1) is 6.92 Å². The maximum Gasteiger partial charge on any atom is 0.407 e. The number of fused-ring (bicyclic) bond motifs is 1. The van der Waals surface area contributed by atoms with Crippen molar-refractivity contribution in [2.24, 2.45) is 0 Å². The first-order chi connectivity index (χ1) is 8.20. The van der Waals surface area contributed by atoms with Crippen LogP contribution in [0.25, 0.3) is 4.96 Å². The van der Waals surface area contributed by atoms with Gasteiger partial charge in [-0.25, -0.2) is 4.79 Å². The third-order valence-electron chi connectivity index (χ3n) is 2.07. The summed E-state index contributed by atoms with van der Waals surface area (Å²) in [5, 5.41) is 15.8. The van der Waals surface area contributed by atoms with Crippen LogP contribution in [0.3, 0.4) is 0 Å². The van der Waals surface area contributed by atoms with Crippen LogP contribution in [0.5, 0.6) is 0 Å². The number of hydrogen-bond acceptors (Lipinski definition) is 6. The van der Waals surface area contributed by atoms with E-state index in [4.69, 9.17) is 4.74 Å². The van der Waals surface area contributed by atoms with Crippen molar-refractivity contribution in [1.29, 1.82) is 0 Å². The molecule has 0 aliphatic carbocycles. The van der Waals surface area contributed by atoms with Crippen molar-refractivity contribution in [3.8, 4) is 0 Å². The Balaban J connectivity index is 1.88. The molecular weight excluding hydrogens is 242 g/mol. The molecule has 2 aromatic rings. The van der Waals surface area contributed by atoms with Crippen molar-refractivity contribution >= 4 is 22.4 Å². The van der Waals surface area contributed by atoms with E-state index in [2.05, 4.69) is 20.6 Å². The van der Waals surface area contributed by atoms with Crippen LogP contribution in [-0.2, 0) is 11.2 Å². The van der Waals surface area contributed by atoms with E-state index in [9.17, 15) is 4.79 Å². The van der Waals surface area contributed by atoms with E-state index < -0.39 is 6.09 Å². The molecule has 0 saturated carbocycles. The second kappa shape index (κ2) is 5.09. The van der Waals surface area contributed by atoms with Crippen LogP contribution >= 0.6 is 11.3 Å². The van der Waals surface area contributed by atoms with Gasteiger partial charge in [-0.15, -0.1) is 10.2 Å². The number of hydrogen-bond donors (Lipinski definition) is 1. The van der Waals surface area contributed by atoms with Gasteiger partial charge in [0.1, 0.15) is 5.01 Å². The van der Waals surface area contributed by atoms with E-state index in [1.54, 1.807) is 11.4 Å². The van der Waals surface area contributed by atoms with E-state index >= 15 is 0 Å². The molecule has 8 heteroatoms. The van der Waals surface area contributed by atoms with Gasteiger partial charge < -0.3 is 10.1 Å². The lowest BCUT2D eigenvalue weighted by Gasteiger charge is -2.02. The number of ether oxygens (including phenoxy) is 1. The number of alkyl carbamates (subject to hydrolysis) is 1. The van der Waals surface area contributed by atoms with Gasteiger partial charge in [0.15, 0.2) is 5.82 Å². The Morgan fingerprint density at radius 2 is 2.35 bits per heavy atom. The van der Waals surface area contributed by atoms with Gasteiger partial charge >= 0.3 is 6.09 Å². The lowest BCUT2D eigenvalue weighted by molar-refractivity contribution is 0.152. The zero-order valence-corrected chi connectivity index (χ0v) is 10.5. The molecule has 17 heavy (non-hydrogen) atoms. The lowest BCUT2D eigenvalue weighted by atomic mass is 10.4. The molecule has 1 N–H and O–H groups in total. The second-order valence-electron chi connectivity index (χ2n) is 3.33. The van der Waals surface area contributed by atoms with Crippen LogP contribution in [0.1, 0.15) is 17.8 Å². The van der Waals surface area contributed by atoms with Crippen LogP contribution in [0.4, 0.5) is 4.79 Å². The fourth-order valence-corrected chi connectivity index (χ4v) is 2.19. The molecular formula is C9H13N5O2S. The summed E-state index contributed by atoms with van der Waals surface area (Å²) in [6.45, 7) is 4.50. The van der Waals surface area contributed by atoms with E-state index in [1.165, 1.54) is 11.3 Å². The zero-order valence-electron chi connectivity index (χ0n) is 9.63. The van der Waals surface area contributed by atoms with Gasteiger partial charge in [0.05, 0.1) is 6.61 Å². The molecule has 0 aromatic carbocycles. The average Bonchev–Trinajstić information content (AvgIpc) is 2.82. The number of aromatic nitrogens is 4. The summed E-state index contributed by atoms with van der Waals surface area (Å²) in [6.07, 6.45) is 0.262. The maximum absolute atomic E-state index is 11.0. The van der Waals surface area contributed by atoms with E-state index in [-0.39, 0.29) is 0 Å². The molecule has 0 unspecified atom stereocenters. The minimum Gasteiger partial charge on any atom is -0.450 e. The molecule has 0 bridgehead atoms. The Bertz CT molecular complexity index is 520. The molecule has 0 aliphatic heterocycles. The maximum atomic E-state index is 11.0. The van der Waals surface area contributed by atoms with Crippen molar-refractivity contribution in [2.45, 2.75) is 20.3 Å². The molecule has 0 aliphatic rings. The fraction of sp³-hybridized carbons (Fsp3) is 0.556. The van der Waals surface area contributed by atoms with Crippen molar-refractivity contribution in [2.75, 3.05) is 13.2 Å². The highest BCUT2D eigenvalue weighted by Crippen LogP contribution is 2.13. The first-order valence-electron chi connectivity index (χ1n) is 5.29. The summed E-state index contributed by atoms with van der Waals surface area (Å²) in [4.78, 5) is 11.8. The largest absolute Gasteiger partial charge is 0.450 e. The number of nitrogens with one attached hydrogen (secondary N) is 1. The minimum absolute atomic E-state index is 0.377. The Labute approximate surface area is 102 Å². The molecule has 2 rings (SSSR count). The van der Waals surface area contributed by atoms with Gasteiger partial charge in [0.25, 0.3) is 0 Å². The monoisotopic (exact) mass is 255 g/mol. The van der Waals surface area contributed by atoms with Crippen molar-refractivity contribution in [3.63, 3.8) is 0 Å². The Morgan fingerprint density at radius 3 is 3.06 bits per heavy atom. The molecule has 0 fully saturated rings. The highest BCUT2D eigenvalue weighted by molar-refractivity contribution is 7.16. The lowest BCUT2D eigenvalue weighted by Crippen LogP contribution is -2.26. The zero-order chi connectivity index (χ0) is 12.3. The predicted octanol–water partition coefficient (Wildman–Crippen LogP) is 0.783. The molecule has 2 heterocycles. The van der Waals surface area contributed by atoms with Crippen LogP contribution < -0.4 is 5.32 Å². The van der Waals surface area contributed by atoms with Gasteiger partial charge in [-0.1, -0.05) is 11.3 Å². The third-order valence-corrected chi connectivity index (χ3v) is 3.03. The van der Waals surface area contributed by atoms with E-state index in [0.717, 1.165) is 15.8 Å². The van der Waals surface area contributed by atoms with Crippen molar-refractivity contribution < 1.29 is 9.53 Å². The van der Waals surface area contributed by atoms with Crippen molar-refractivity contribution in [3.05, 3.63) is 10.8 Å². The SMILES string of the molecule is CCOC(=O)NCCc1nn2c(C)nnc2s1. The molecule has 92 valence electrons. The standard InChI is InChI=1S/C9H13N5O2S/c1-3-16-9(15)10-5-4-7-13-14-6(2)11-12-8(14)17-7/h3-5H2,1-2H3,(H,10,15). The quantitative estimate of drug-likeness (QED) is 0.873. The van der Waals surface area contributed by atoms with Gasteiger partial charge in [-0.3, -0.25) is 0 Å². The smallest absolute Gasteiger partial charge is 0.407 e. The summed E-state index contributed by atoms with van der Waals surface area (Å²) < 4.78 is 6.45. The molecule has 0 spiro atoms. The van der Waals surface area contributed by atoms with Crippen molar-refractivity contribution in [1.82, 2.24) is 25.1 Å². The predicted molar refractivity (Wildman–Crippen MR) is 62.1 cm³/mol. The first-order valence-corrected chi connectivity index (χ1v) is 6.10. The summed E-state index contributed by atoms with van der Waals surface area (Å²) in [6, 6.07) is 0. The van der Waals surface area contributed by atoms with E-state index in [0.29, 0.717) is 19.6 Å². The minimum atomic E-state index is -0.397. The number of aryl methyl sites for hydroxylation is 1. The Hall–Kier alpha value is -1.70. The van der Waals surface area contributed by atoms with Gasteiger partial charge in [-0.05, 0) is 13.8 Å². The normalized spacial score (nSPS) is 10.7. The Morgan fingerprint density at radius 1 is 1.53 bits per heavy atom. The number of carbonyl (C=O) groups is 1. The molecule has 0 atom stereocenters. The van der Waals surface area contributed by atoms with Crippen LogP contribution in [0.15, 0.2) is 0 Å². The van der Waals surface area contributed by atoms with Gasteiger partial charge in [0.2, 0.25) is 4.96 Å². The fourth-order valence-electron chi connectivity index (χ4n) is 1.31. The number of rotatable bonds is 4. The Kier molecular flexibility index (Phi) is 3.52. The van der Waals surface area contributed by atoms with Crippen LogP contribution in [0.2, 0.25) is 0 Å². The van der Waals surface area contributed by atoms with E-state index in [1.807, 2.05) is 6.92 Å².